The fourth-order valence-corrected chi connectivity index (χ4v) is 9.22. The van der Waals surface area contributed by atoms with Gasteiger partial charge in [-0.25, -0.2) is 0 Å². The lowest BCUT2D eigenvalue weighted by molar-refractivity contribution is -0.167. The molecule has 0 saturated heterocycles. The molecule has 0 amide bonds. The van der Waals surface area contributed by atoms with Gasteiger partial charge in [-0.05, 0) is 57.8 Å². The van der Waals surface area contributed by atoms with Crippen molar-refractivity contribution in [3.8, 4) is 0 Å². The average molecular weight is 984 g/mol. The predicted molar refractivity (Wildman–Crippen MR) is 302 cm³/mol. The zero-order chi connectivity index (χ0) is 50.7. The highest BCUT2D eigenvalue weighted by Gasteiger charge is 2.19. The van der Waals surface area contributed by atoms with Crippen LogP contribution in [0.4, 0.5) is 0 Å². The van der Waals surface area contributed by atoms with Crippen LogP contribution in [-0.4, -0.2) is 37.2 Å². The number of unbranched alkanes of at least 4 members (excludes halogenated alkanes) is 40. The molecule has 0 aromatic carbocycles. The van der Waals surface area contributed by atoms with E-state index in [0.29, 0.717) is 19.3 Å². The molecule has 0 heterocycles. The minimum Gasteiger partial charge on any atom is -0.462 e. The van der Waals surface area contributed by atoms with E-state index in [4.69, 9.17) is 14.2 Å². The van der Waals surface area contributed by atoms with Crippen LogP contribution >= 0.6 is 0 Å². The molecule has 6 nitrogen and oxygen atoms in total. The van der Waals surface area contributed by atoms with Crippen molar-refractivity contribution in [1.82, 2.24) is 0 Å². The van der Waals surface area contributed by atoms with Gasteiger partial charge in [0, 0.05) is 19.3 Å². The highest BCUT2D eigenvalue weighted by atomic mass is 16.6. The third kappa shape index (κ3) is 56.5. The first kappa shape index (κ1) is 67.6. The number of allylic oxidation sites excluding steroid dienone is 6. The van der Waals surface area contributed by atoms with Crippen molar-refractivity contribution >= 4 is 17.9 Å². The van der Waals surface area contributed by atoms with Crippen molar-refractivity contribution in [3.63, 3.8) is 0 Å². The van der Waals surface area contributed by atoms with E-state index in [2.05, 4.69) is 57.2 Å². The minimum atomic E-state index is -0.774. The Hall–Kier alpha value is -2.37. The second-order valence-electron chi connectivity index (χ2n) is 21.0. The molecule has 0 aromatic rings. The molecule has 0 rings (SSSR count). The second-order valence-corrected chi connectivity index (χ2v) is 21.0. The Balaban J connectivity index is 4.35. The van der Waals surface area contributed by atoms with Crippen molar-refractivity contribution in [1.29, 1.82) is 0 Å². The monoisotopic (exact) mass is 983 g/mol. The molecule has 0 bridgehead atoms. The summed E-state index contributed by atoms with van der Waals surface area (Å²) in [5, 5.41) is 0. The number of carbonyl (C=O) groups is 3. The maximum absolute atomic E-state index is 12.9. The lowest BCUT2D eigenvalue weighted by atomic mass is 10.0. The highest BCUT2D eigenvalue weighted by Crippen LogP contribution is 2.17. The predicted octanol–water partition coefficient (Wildman–Crippen LogP) is 20.8. The number of hydrogen-bond donors (Lipinski definition) is 0. The number of rotatable bonds is 57. The Morgan fingerprint density at radius 3 is 0.829 bits per heavy atom. The third-order valence-corrected chi connectivity index (χ3v) is 13.9. The van der Waals surface area contributed by atoms with Gasteiger partial charge in [-0.3, -0.25) is 14.4 Å². The Morgan fingerprint density at radius 2 is 0.514 bits per heavy atom. The molecule has 0 aromatic heterocycles. The first-order chi connectivity index (χ1) is 34.5. The molecule has 0 aliphatic carbocycles. The van der Waals surface area contributed by atoms with Crippen LogP contribution in [0.1, 0.15) is 335 Å². The Labute approximate surface area is 435 Å². The van der Waals surface area contributed by atoms with Crippen molar-refractivity contribution in [2.75, 3.05) is 13.2 Å². The van der Waals surface area contributed by atoms with Crippen LogP contribution in [0.2, 0.25) is 0 Å². The molecular weight excluding hydrogens is 865 g/mol. The topological polar surface area (TPSA) is 78.9 Å². The number of carbonyl (C=O) groups excluding carboxylic acids is 3. The molecular formula is C64H118O6. The van der Waals surface area contributed by atoms with E-state index >= 15 is 0 Å². The summed E-state index contributed by atoms with van der Waals surface area (Å²) in [6, 6.07) is 0. The van der Waals surface area contributed by atoms with Gasteiger partial charge >= 0.3 is 17.9 Å². The zero-order valence-corrected chi connectivity index (χ0v) is 47.1. The van der Waals surface area contributed by atoms with Gasteiger partial charge in [0.15, 0.2) is 6.10 Å². The van der Waals surface area contributed by atoms with Crippen LogP contribution in [0, 0.1) is 0 Å². The number of esters is 3. The van der Waals surface area contributed by atoms with Gasteiger partial charge in [0.2, 0.25) is 0 Å². The van der Waals surface area contributed by atoms with E-state index in [-0.39, 0.29) is 31.1 Å². The lowest BCUT2D eigenvalue weighted by Crippen LogP contribution is -2.30. The molecule has 0 aliphatic rings. The molecule has 6 heteroatoms. The van der Waals surface area contributed by atoms with Gasteiger partial charge in [0.05, 0.1) is 0 Å². The summed E-state index contributed by atoms with van der Waals surface area (Å²) in [6.07, 6.45) is 71.3. The summed E-state index contributed by atoms with van der Waals surface area (Å²) < 4.78 is 16.9. The molecule has 1 atom stereocenters. The van der Waals surface area contributed by atoms with E-state index in [1.807, 2.05) is 0 Å². The number of hydrogen-bond acceptors (Lipinski definition) is 6. The first-order valence-electron chi connectivity index (χ1n) is 31.0. The van der Waals surface area contributed by atoms with Crippen molar-refractivity contribution in [2.24, 2.45) is 0 Å². The second kappa shape index (κ2) is 59.2. The normalized spacial score (nSPS) is 12.2. The van der Waals surface area contributed by atoms with E-state index in [9.17, 15) is 14.4 Å². The van der Waals surface area contributed by atoms with Crippen LogP contribution in [0.25, 0.3) is 0 Å². The maximum atomic E-state index is 12.9. The third-order valence-electron chi connectivity index (χ3n) is 13.9. The van der Waals surface area contributed by atoms with Gasteiger partial charge in [-0.1, -0.05) is 295 Å². The summed E-state index contributed by atoms with van der Waals surface area (Å²) in [7, 11) is 0. The summed E-state index contributed by atoms with van der Waals surface area (Å²) in [5.74, 6) is -0.860. The van der Waals surface area contributed by atoms with Crippen LogP contribution in [0.15, 0.2) is 36.5 Å². The van der Waals surface area contributed by atoms with Crippen LogP contribution in [0.5, 0.6) is 0 Å². The maximum Gasteiger partial charge on any atom is 0.306 e. The average Bonchev–Trinajstić information content (AvgIpc) is 3.36. The lowest BCUT2D eigenvalue weighted by Gasteiger charge is -2.18. The molecule has 0 radical (unpaired) electrons. The summed E-state index contributed by atoms with van der Waals surface area (Å²) in [6.45, 7) is 6.66. The van der Waals surface area contributed by atoms with Crippen LogP contribution < -0.4 is 0 Å². The van der Waals surface area contributed by atoms with Crippen molar-refractivity contribution < 1.29 is 28.6 Å². The molecule has 70 heavy (non-hydrogen) atoms. The Bertz CT molecular complexity index is 1170. The fourth-order valence-electron chi connectivity index (χ4n) is 9.22. The molecule has 0 fully saturated rings. The van der Waals surface area contributed by atoms with Gasteiger partial charge in [0.25, 0.3) is 0 Å². The fraction of sp³-hybridized carbons (Fsp3) is 0.859. The van der Waals surface area contributed by atoms with Crippen LogP contribution in [-0.2, 0) is 28.6 Å². The summed E-state index contributed by atoms with van der Waals surface area (Å²) in [4.78, 5) is 38.3. The molecule has 0 unspecified atom stereocenters. The zero-order valence-electron chi connectivity index (χ0n) is 47.1. The van der Waals surface area contributed by atoms with Crippen molar-refractivity contribution in [2.45, 2.75) is 341 Å². The van der Waals surface area contributed by atoms with Gasteiger partial charge in [-0.15, -0.1) is 0 Å². The minimum absolute atomic E-state index is 0.0710. The van der Waals surface area contributed by atoms with Gasteiger partial charge in [0.1, 0.15) is 13.2 Å². The molecule has 410 valence electrons. The Morgan fingerprint density at radius 1 is 0.286 bits per heavy atom. The largest absolute Gasteiger partial charge is 0.462 e. The number of ether oxygens (including phenoxy) is 3. The summed E-state index contributed by atoms with van der Waals surface area (Å²) >= 11 is 0. The summed E-state index contributed by atoms with van der Waals surface area (Å²) in [5.41, 5.74) is 0. The van der Waals surface area contributed by atoms with E-state index < -0.39 is 6.10 Å². The highest BCUT2D eigenvalue weighted by molar-refractivity contribution is 5.71. The smallest absolute Gasteiger partial charge is 0.306 e. The Kier molecular flexibility index (Phi) is 57.2. The quantitative estimate of drug-likeness (QED) is 0.0261. The first-order valence-corrected chi connectivity index (χ1v) is 31.0. The molecule has 0 saturated carbocycles. The van der Waals surface area contributed by atoms with Gasteiger partial charge in [-0.2, -0.15) is 0 Å². The van der Waals surface area contributed by atoms with E-state index in [1.54, 1.807) is 0 Å². The van der Waals surface area contributed by atoms with Gasteiger partial charge < -0.3 is 14.2 Å². The standard InChI is InChI=1S/C64H118O6/c1-4-7-10-13-16-19-22-25-28-30-32-34-36-39-42-45-48-51-54-57-63(66)69-60-61(59-68-62(65)56-53-50-47-44-41-38-35-27-24-21-18-15-12-9-6-3)70-64(67)58-55-52-49-46-43-40-37-33-31-29-26-23-20-17-14-11-8-5-2/h16,19,25,28,32,34,61H,4-15,17-18,20-24,26-27,29-31,33,35-60H2,1-3H3/b19-16-,28-25-,34-32-/t61-/m1/s1. The molecule has 0 N–H and O–H groups in total. The van der Waals surface area contributed by atoms with Crippen LogP contribution in [0.3, 0.4) is 0 Å². The molecule has 0 spiro atoms. The SMILES string of the molecule is CCCCC/C=C\C/C=C\C/C=C\CCCCCCCCC(=O)OC[C@@H](COC(=O)CCCCCCCCCCCCCCCCC)OC(=O)CCCCCCCCCCCCCCCCCCCC. The van der Waals surface area contributed by atoms with E-state index in [1.165, 1.54) is 218 Å². The van der Waals surface area contributed by atoms with E-state index in [0.717, 1.165) is 77.0 Å². The van der Waals surface area contributed by atoms with Crippen molar-refractivity contribution in [3.05, 3.63) is 36.5 Å². The molecule has 0 aliphatic heterocycles.